The standard InChI is InChI=1S/C20H25B2ClF3N3O3/c1-17(2,3)32-16(30)12-4-5-13(27-15(12)23)29-10-6-14(28-29)31-11-9-19(21,22)18(7-8-18)20(24,25)26/h4-6,10H,7-9,11,21-22H2,1-3H3. The van der Waals surface area contributed by atoms with Gasteiger partial charge < -0.3 is 9.47 Å². The Balaban J connectivity index is 1.63. The van der Waals surface area contributed by atoms with Crippen molar-refractivity contribution in [3.63, 3.8) is 0 Å². The zero-order valence-electron chi connectivity index (χ0n) is 18.7. The highest BCUT2D eigenvalue weighted by Crippen LogP contribution is 2.69. The predicted octanol–water partition coefficient (Wildman–Crippen LogP) is 3.37. The van der Waals surface area contributed by atoms with Crippen LogP contribution < -0.4 is 4.74 Å². The van der Waals surface area contributed by atoms with Crippen LogP contribution in [0.3, 0.4) is 0 Å². The van der Waals surface area contributed by atoms with Gasteiger partial charge in [-0.2, -0.15) is 13.2 Å². The van der Waals surface area contributed by atoms with Gasteiger partial charge in [-0.25, -0.2) is 14.5 Å². The molecule has 0 unspecified atom stereocenters. The normalized spacial score (nSPS) is 16.0. The number of ether oxygens (including phenoxy) is 2. The Morgan fingerprint density at radius 2 is 1.88 bits per heavy atom. The van der Waals surface area contributed by atoms with Crippen molar-refractivity contribution in [3.05, 3.63) is 35.1 Å². The van der Waals surface area contributed by atoms with E-state index in [0.29, 0.717) is 5.82 Å². The molecule has 1 aliphatic carbocycles. The number of carbonyl (C=O) groups excluding carboxylic acids is 1. The zero-order valence-corrected chi connectivity index (χ0v) is 19.5. The Labute approximate surface area is 191 Å². The molecule has 0 N–H and O–H groups in total. The molecule has 0 amide bonds. The van der Waals surface area contributed by atoms with Crippen molar-refractivity contribution < 1.29 is 27.4 Å². The lowest BCUT2D eigenvalue weighted by Crippen LogP contribution is -2.39. The van der Waals surface area contributed by atoms with Crippen LogP contribution in [-0.4, -0.2) is 54.8 Å². The van der Waals surface area contributed by atoms with Crippen LogP contribution in [0.2, 0.25) is 10.4 Å². The van der Waals surface area contributed by atoms with Crippen LogP contribution in [0.5, 0.6) is 5.88 Å². The second-order valence-corrected chi connectivity index (χ2v) is 10.0. The smallest absolute Gasteiger partial charge is 0.393 e. The molecule has 172 valence electrons. The molecule has 1 fully saturated rings. The summed E-state index contributed by atoms with van der Waals surface area (Å²) in [5.41, 5.74) is -2.16. The van der Waals surface area contributed by atoms with Gasteiger partial charge in [0.2, 0.25) is 5.88 Å². The molecule has 3 rings (SSSR count). The van der Waals surface area contributed by atoms with Gasteiger partial charge in [0.25, 0.3) is 0 Å². The van der Waals surface area contributed by atoms with Gasteiger partial charge in [0, 0.05) is 12.3 Å². The summed E-state index contributed by atoms with van der Waals surface area (Å²) < 4.78 is 52.6. The highest BCUT2D eigenvalue weighted by atomic mass is 35.5. The third-order valence-electron chi connectivity index (χ3n) is 5.82. The number of nitrogens with zero attached hydrogens (tertiary/aromatic N) is 3. The molecule has 0 spiro atoms. The second-order valence-electron chi connectivity index (χ2n) is 9.67. The Morgan fingerprint density at radius 1 is 1.22 bits per heavy atom. The minimum Gasteiger partial charge on any atom is -0.477 e. The Hall–Kier alpha value is -2.16. The van der Waals surface area contributed by atoms with Gasteiger partial charge in [-0.15, -0.1) is 5.10 Å². The number of esters is 1. The van der Waals surface area contributed by atoms with E-state index in [0.717, 1.165) is 0 Å². The van der Waals surface area contributed by atoms with Gasteiger partial charge >= 0.3 is 12.1 Å². The van der Waals surface area contributed by atoms with Crippen LogP contribution in [0.1, 0.15) is 50.4 Å². The number of rotatable bonds is 7. The van der Waals surface area contributed by atoms with E-state index in [2.05, 4.69) is 10.1 Å². The number of pyridine rings is 1. The molecule has 0 atom stereocenters. The highest BCUT2D eigenvalue weighted by molar-refractivity contribution is 6.40. The minimum atomic E-state index is -4.21. The van der Waals surface area contributed by atoms with Crippen molar-refractivity contribution in [2.24, 2.45) is 5.41 Å². The summed E-state index contributed by atoms with van der Waals surface area (Å²) in [5, 5.41) is 3.28. The average molecular weight is 470 g/mol. The number of carbonyl (C=O) groups is 1. The van der Waals surface area contributed by atoms with Crippen LogP contribution >= 0.6 is 11.6 Å². The quantitative estimate of drug-likeness (QED) is 0.354. The Kier molecular flexibility index (Phi) is 6.36. The van der Waals surface area contributed by atoms with E-state index in [4.69, 9.17) is 21.1 Å². The second kappa shape index (κ2) is 8.32. The molecule has 0 aliphatic heterocycles. The Morgan fingerprint density at radius 3 is 2.41 bits per heavy atom. The first-order valence-corrected chi connectivity index (χ1v) is 10.7. The highest BCUT2D eigenvalue weighted by Gasteiger charge is 2.69. The largest absolute Gasteiger partial charge is 0.477 e. The predicted molar refractivity (Wildman–Crippen MR) is 119 cm³/mol. The topological polar surface area (TPSA) is 66.2 Å². The van der Waals surface area contributed by atoms with Crippen LogP contribution in [0.15, 0.2) is 24.4 Å². The number of hydrogen-bond donors (Lipinski definition) is 0. The summed E-state index contributed by atoms with van der Waals surface area (Å²) in [5.74, 6) is 0.0271. The Bertz CT molecular complexity index is 1000. The van der Waals surface area contributed by atoms with Crippen molar-refractivity contribution in [3.8, 4) is 11.7 Å². The fourth-order valence-electron chi connectivity index (χ4n) is 3.67. The summed E-state index contributed by atoms with van der Waals surface area (Å²) in [6.45, 7) is 5.36. The van der Waals surface area contributed by atoms with E-state index in [1.54, 1.807) is 54.8 Å². The van der Waals surface area contributed by atoms with E-state index in [-0.39, 0.29) is 42.5 Å². The fraction of sp³-hybridized carbons (Fsp3) is 0.550. The molecule has 0 radical (unpaired) electrons. The third kappa shape index (κ3) is 5.08. The van der Waals surface area contributed by atoms with Crippen LogP contribution in [0.4, 0.5) is 13.2 Å². The number of alkyl halides is 3. The molecule has 32 heavy (non-hydrogen) atoms. The lowest BCUT2D eigenvalue weighted by atomic mass is 9.45. The molecule has 2 heterocycles. The molecule has 2 aromatic rings. The number of hydrogen-bond acceptors (Lipinski definition) is 5. The third-order valence-corrected chi connectivity index (χ3v) is 6.11. The van der Waals surface area contributed by atoms with Crippen molar-refractivity contribution >= 4 is 33.3 Å². The summed E-state index contributed by atoms with van der Waals surface area (Å²) in [4.78, 5) is 16.4. The summed E-state index contributed by atoms with van der Waals surface area (Å²) in [6, 6.07) is 4.64. The molecule has 0 bridgehead atoms. The van der Waals surface area contributed by atoms with Gasteiger partial charge in [-0.3, -0.25) is 0 Å². The first kappa shape index (κ1) is 24.5. The van der Waals surface area contributed by atoms with E-state index in [1.807, 2.05) is 0 Å². The van der Waals surface area contributed by atoms with Gasteiger partial charge in [0.1, 0.15) is 26.4 Å². The van der Waals surface area contributed by atoms with Crippen LogP contribution in [0, 0.1) is 5.41 Å². The van der Waals surface area contributed by atoms with Crippen molar-refractivity contribution in [2.75, 3.05) is 6.61 Å². The lowest BCUT2D eigenvalue weighted by molar-refractivity contribution is -0.192. The molecular weight excluding hydrogens is 444 g/mol. The molecule has 0 saturated heterocycles. The van der Waals surface area contributed by atoms with Crippen LogP contribution in [0.25, 0.3) is 5.82 Å². The summed E-state index contributed by atoms with van der Waals surface area (Å²) >= 11 is 6.15. The van der Waals surface area contributed by atoms with E-state index < -0.39 is 28.4 Å². The molecule has 6 nitrogen and oxygen atoms in total. The van der Waals surface area contributed by atoms with Gasteiger partial charge in [-0.1, -0.05) is 16.8 Å². The average Bonchev–Trinajstić information content (AvgIpc) is 3.35. The fourth-order valence-corrected chi connectivity index (χ4v) is 3.90. The molecule has 0 aromatic carbocycles. The van der Waals surface area contributed by atoms with E-state index >= 15 is 0 Å². The van der Waals surface area contributed by atoms with E-state index in [1.165, 1.54) is 10.7 Å². The molecule has 12 heteroatoms. The summed E-state index contributed by atoms with van der Waals surface area (Å²) in [6.07, 6.45) is -2.07. The monoisotopic (exact) mass is 469 g/mol. The lowest BCUT2D eigenvalue weighted by Gasteiger charge is -2.36. The van der Waals surface area contributed by atoms with Crippen molar-refractivity contribution in [2.45, 2.75) is 57.0 Å². The molecule has 2 aromatic heterocycles. The van der Waals surface area contributed by atoms with E-state index in [9.17, 15) is 18.0 Å². The van der Waals surface area contributed by atoms with Gasteiger partial charge in [-0.05, 0) is 52.2 Å². The van der Waals surface area contributed by atoms with Crippen molar-refractivity contribution in [1.29, 1.82) is 0 Å². The molecule has 1 saturated carbocycles. The summed E-state index contributed by atoms with van der Waals surface area (Å²) in [7, 11) is 3.27. The number of halogens is 4. The first-order valence-electron chi connectivity index (χ1n) is 10.3. The maximum Gasteiger partial charge on any atom is 0.393 e. The van der Waals surface area contributed by atoms with Crippen LogP contribution in [-0.2, 0) is 4.74 Å². The number of aromatic nitrogens is 3. The van der Waals surface area contributed by atoms with Gasteiger partial charge in [0.05, 0.1) is 17.6 Å². The molecular formula is C20H25B2ClF3N3O3. The van der Waals surface area contributed by atoms with Crippen molar-refractivity contribution in [1.82, 2.24) is 14.8 Å². The van der Waals surface area contributed by atoms with Gasteiger partial charge in [0.15, 0.2) is 5.82 Å². The zero-order chi connectivity index (χ0) is 23.9. The minimum absolute atomic E-state index is 0.0293. The maximum atomic E-state index is 13.4. The maximum absolute atomic E-state index is 13.4. The molecule has 1 aliphatic rings. The first-order chi connectivity index (χ1) is 14.7. The SMILES string of the molecule is BC(B)(CCOc1ccn(-c2ccc(C(=O)OC(C)(C)C)c(Cl)n2)n1)C1(C(F)(F)F)CC1.